The van der Waals surface area contributed by atoms with E-state index in [9.17, 15) is 4.79 Å². The van der Waals surface area contributed by atoms with Crippen molar-refractivity contribution >= 4 is 5.91 Å². The van der Waals surface area contributed by atoms with Crippen LogP contribution in [0.1, 0.15) is 41.0 Å². The van der Waals surface area contributed by atoms with E-state index in [2.05, 4.69) is 20.2 Å². The molecule has 3 atom stereocenters. The molecule has 5 heterocycles. The summed E-state index contributed by atoms with van der Waals surface area (Å²) in [5.74, 6) is 1.69. The van der Waals surface area contributed by atoms with Crippen LogP contribution in [-0.4, -0.2) is 55.0 Å². The highest BCUT2D eigenvalue weighted by Gasteiger charge is 2.43. The Labute approximate surface area is 181 Å². The van der Waals surface area contributed by atoms with E-state index in [1.807, 2.05) is 36.9 Å². The molecule has 1 aliphatic carbocycles. The molecule has 3 aliphatic rings. The largest absolute Gasteiger partial charge is 0.491 e. The molecule has 0 spiro atoms. The molecule has 0 N–H and O–H groups in total. The Hall–Kier alpha value is -3.29. The number of carbonyl (C=O) groups is 1. The van der Waals surface area contributed by atoms with Gasteiger partial charge in [0.2, 0.25) is 0 Å². The van der Waals surface area contributed by atoms with E-state index in [4.69, 9.17) is 4.74 Å². The molecule has 3 aromatic heterocycles. The minimum absolute atomic E-state index is 0.0341. The van der Waals surface area contributed by atoms with Crippen molar-refractivity contribution in [1.29, 1.82) is 0 Å². The number of aromatic nitrogens is 5. The Balaban J connectivity index is 1.32. The van der Waals surface area contributed by atoms with Gasteiger partial charge in [0, 0.05) is 24.5 Å². The maximum atomic E-state index is 13.5. The van der Waals surface area contributed by atoms with Crippen LogP contribution >= 0.6 is 0 Å². The van der Waals surface area contributed by atoms with Gasteiger partial charge in [0.25, 0.3) is 5.91 Å². The Morgan fingerprint density at radius 1 is 1.13 bits per heavy atom. The van der Waals surface area contributed by atoms with Crippen LogP contribution in [0.3, 0.4) is 0 Å². The fourth-order valence-electron chi connectivity index (χ4n) is 4.82. The second kappa shape index (κ2) is 8.09. The average molecular weight is 419 g/mol. The van der Waals surface area contributed by atoms with Crippen LogP contribution in [0.25, 0.3) is 5.69 Å². The number of aryl methyl sites for hydroxylation is 2. The van der Waals surface area contributed by atoms with Gasteiger partial charge in [-0.2, -0.15) is 10.2 Å². The summed E-state index contributed by atoms with van der Waals surface area (Å²) in [6.07, 6.45) is 9.87. The molecular weight excluding hydrogens is 392 g/mol. The summed E-state index contributed by atoms with van der Waals surface area (Å²) in [5, 5.41) is 8.40. The van der Waals surface area contributed by atoms with Gasteiger partial charge in [-0.25, -0.2) is 4.98 Å². The van der Waals surface area contributed by atoms with Crippen molar-refractivity contribution in [2.45, 2.75) is 39.2 Å². The number of amides is 1. The molecule has 3 fully saturated rings. The maximum Gasteiger partial charge on any atom is 0.275 e. The quantitative estimate of drug-likeness (QED) is 0.633. The van der Waals surface area contributed by atoms with Crippen LogP contribution in [0.4, 0.5) is 0 Å². The van der Waals surface area contributed by atoms with Crippen LogP contribution in [0.2, 0.25) is 0 Å². The predicted molar refractivity (Wildman–Crippen MR) is 114 cm³/mol. The summed E-state index contributed by atoms with van der Waals surface area (Å²) in [6, 6.07) is 5.92. The van der Waals surface area contributed by atoms with E-state index in [-0.39, 0.29) is 11.9 Å². The standard InChI is InChI=1S/C23H26N6O2/c1-15-7-8-24-12-21(15)31-14-18-11-19-5-4-17(18)13-28(19)23(30)22-20(6-3-16(2)27-22)29-25-9-10-26-29/h3,6-10,12,17-19H,4-5,11,13-14H2,1-2H3. The van der Waals surface area contributed by atoms with E-state index in [1.54, 1.807) is 24.8 Å². The highest BCUT2D eigenvalue weighted by atomic mass is 16.5. The maximum absolute atomic E-state index is 13.5. The van der Waals surface area contributed by atoms with Crippen molar-refractivity contribution in [3.63, 3.8) is 0 Å². The lowest BCUT2D eigenvalue weighted by atomic mass is 9.72. The van der Waals surface area contributed by atoms with Crippen LogP contribution in [0.15, 0.2) is 43.0 Å². The van der Waals surface area contributed by atoms with Crippen LogP contribution < -0.4 is 4.74 Å². The van der Waals surface area contributed by atoms with Gasteiger partial charge in [-0.1, -0.05) is 0 Å². The van der Waals surface area contributed by atoms with Crippen molar-refractivity contribution in [1.82, 2.24) is 29.9 Å². The predicted octanol–water partition coefficient (Wildman–Crippen LogP) is 2.99. The van der Waals surface area contributed by atoms with E-state index in [0.29, 0.717) is 29.8 Å². The monoisotopic (exact) mass is 418 g/mol. The van der Waals surface area contributed by atoms with Crippen LogP contribution in [0, 0.1) is 25.7 Å². The second-order valence-corrected chi connectivity index (χ2v) is 8.54. The molecule has 2 bridgehead atoms. The molecule has 0 radical (unpaired) electrons. The first-order valence-electron chi connectivity index (χ1n) is 10.8. The molecule has 8 nitrogen and oxygen atoms in total. The number of rotatable bonds is 5. The third kappa shape index (κ3) is 3.78. The van der Waals surface area contributed by atoms with Crippen molar-refractivity contribution in [3.05, 3.63) is 59.9 Å². The zero-order chi connectivity index (χ0) is 21.4. The first kappa shape index (κ1) is 19.7. The third-order valence-corrected chi connectivity index (χ3v) is 6.54. The molecule has 1 amide bonds. The highest BCUT2D eigenvalue weighted by Crippen LogP contribution is 2.40. The third-order valence-electron chi connectivity index (χ3n) is 6.54. The van der Waals surface area contributed by atoms with Crippen molar-refractivity contribution < 1.29 is 9.53 Å². The minimum Gasteiger partial charge on any atom is -0.491 e. The summed E-state index contributed by atoms with van der Waals surface area (Å²) in [4.78, 5) is 25.8. The van der Waals surface area contributed by atoms with Gasteiger partial charge < -0.3 is 9.64 Å². The summed E-state index contributed by atoms with van der Waals surface area (Å²) >= 11 is 0. The summed E-state index contributed by atoms with van der Waals surface area (Å²) in [5.41, 5.74) is 2.94. The van der Waals surface area contributed by atoms with Crippen LogP contribution in [0.5, 0.6) is 5.75 Å². The highest BCUT2D eigenvalue weighted by molar-refractivity contribution is 5.96. The molecule has 2 aliphatic heterocycles. The van der Waals surface area contributed by atoms with Gasteiger partial charge in [-0.15, -0.1) is 4.80 Å². The number of pyridine rings is 2. The van der Waals surface area contributed by atoms with Gasteiger partial charge in [0.1, 0.15) is 11.4 Å². The van der Waals surface area contributed by atoms with Gasteiger partial charge in [0.15, 0.2) is 5.69 Å². The Bertz CT molecular complexity index is 1080. The van der Waals surface area contributed by atoms with E-state index >= 15 is 0 Å². The lowest BCUT2D eigenvalue weighted by Crippen LogP contribution is -2.55. The van der Waals surface area contributed by atoms with Crippen molar-refractivity contribution in [3.8, 4) is 11.4 Å². The summed E-state index contributed by atoms with van der Waals surface area (Å²) in [6.45, 7) is 5.34. The Morgan fingerprint density at radius 2 is 1.97 bits per heavy atom. The Kier molecular flexibility index (Phi) is 5.13. The van der Waals surface area contributed by atoms with E-state index in [0.717, 1.165) is 42.8 Å². The lowest BCUT2D eigenvalue weighted by molar-refractivity contribution is -0.00470. The summed E-state index contributed by atoms with van der Waals surface area (Å²) < 4.78 is 6.09. The minimum atomic E-state index is -0.0341. The molecule has 3 aromatic rings. The van der Waals surface area contributed by atoms with Gasteiger partial charge in [-0.3, -0.25) is 9.78 Å². The number of ether oxygens (including phenoxy) is 1. The lowest BCUT2D eigenvalue weighted by Gasteiger charge is -2.49. The summed E-state index contributed by atoms with van der Waals surface area (Å²) in [7, 11) is 0. The second-order valence-electron chi connectivity index (χ2n) is 8.54. The molecule has 0 aromatic carbocycles. The van der Waals surface area contributed by atoms with Gasteiger partial charge in [-0.05, 0) is 68.7 Å². The molecule has 8 heteroatoms. The number of hydrogen-bond donors (Lipinski definition) is 0. The molecule has 2 saturated heterocycles. The zero-order valence-corrected chi connectivity index (χ0v) is 17.8. The molecule has 6 rings (SSSR count). The van der Waals surface area contributed by atoms with Crippen LogP contribution in [-0.2, 0) is 0 Å². The molecule has 160 valence electrons. The molecule has 31 heavy (non-hydrogen) atoms. The molecular formula is C23H26N6O2. The number of fused-ring (bicyclic) bond motifs is 3. The van der Waals surface area contributed by atoms with E-state index in [1.165, 1.54) is 4.80 Å². The normalized spacial score (nSPS) is 22.5. The number of hydrogen-bond acceptors (Lipinski definition) is 6. The smallest absolute Gasteiger partial charge is 0.275 e. The molecule has 3 unspecified atom stereocenters. The van der Waals surface area contributed by atoms with Crippen molar-refractivity contribution in [2.75, 3.05) is 13.2 Å². The average Bonchev–Trinajstić information content (AvgIpc) is 3.33. The first-order chi connectivity index (χ1) is 15.1. The van der Waals surface area contributed by atoms with Gasteiger partial charge >= 0.3 is 0 Å². The fraction of sp³-hybridized carbons (Fsp3) is 0.435. The molecule has 1 saturated carbocycles. The number of nitrogens with zero attached hydrogens (tertiary/aromatic N) is 6. The van der Waals surface area contributed by atoms with Gasteiger partial charge in [0.05, 0.1) is 25.2 Å². The van der Waals surface area contributed by atoms with Crippen molar-refractivity contribution in [2.24, 2.45) is 11.8 Å². The zero-order valence-electron chi connectivity index (χ0n) is 17.8. The fourth-order valence-corrected chi connectivity index (χ4v) is 4.82. The number of piperidine rings is 2. The SMILES string of the molecule is Cc1ccc(-n2nccn2)c(C(=O)N2CC3CCC2CC3COc2cnccc2C)n1. The number of carbonyl (C=O) groups excluding carboxylic acids is 1. The Morgan fingerprint density at radius 3 is 2.71 bits per heavy atom. The first-order valence-corrected chi connectivity index (χ1v) is 10.8. The van der Waals surface area contributed by atoms with E-state index < -0.39 is 0 Å². The topological polar surface area (TPSA) is 86.0 Å².